The fourth-order valence-electron chi connectivity index (χ4n) is 6.40. The van der Waals surface area contributed by atoms with Gasteiger partial charge in [0.05, 0.1) is 28.5 Å². The largest absolute Gasteiger partial charge is 0.481 e. The highest BCUT2D eigenvalue weighted by atomic mass is 35.5. The Hall–Kier alpha value is -4.18. The van der Waals surface area contributed by atoms with E-state index in [1.165, 1.54) is 4.90 Å². The predicted molar refractivity (Wildman–Crippen MR) is 179 cm³/mol. The topological polar surface area (TPSA) is 99.1 Å². The van der Waals surface area contributed by atoms with Gasteiger partial charge in [-0.2, -0.15) is 0 Å². The van der Waals surface area contributed by atoms with Gasteiger partial charge in [0, 0.05) is 79.7 Å². The Bertz CT molecular complexity index is 1810. The Balaban J connectivity index is 1.25. The fourth-order valence-corrected chi connectivity index (χ4v) is 7.05. The molecule has 4 aromatic rings. The standard InChI is InChI=1S/C35H35Cl2N5O4/c1-21(43)41-15-12-26(13-16-41)40(2)18-24-9-10-30(39-34(24)46-3)29-6-4-5-27(31(29)36)28-11-14-38-33(32(28)37)22-7-8-23-19-42(35(44)45)20-25(23)17-22/h4-11,14,17,26H,12-13,15-16,18-20H2,1-3H3,(H,44,45). The molecule has 9 nitrogen and oxygen atoms in total. The molecule has 11 heteroatoms. The summed E-state index contributed by atoms with van der Waals surface area (Å²) in [5.41, 5.74) is 7.18. The summed E-state index contributed by atoms with van der Waals surface area (Å²) in [6, 6.07) is 17.8. The van der Waals surface area contributed by atoms with Crippen LogP contribution in [0.4, 0.5) is 4.79 Å². The van der Waals surface area contributed by atoms with E-state index in [-0.39, 0.29) is 5.91 Å². The molecule has 238 valence electrons. The van der Waals surface area contributed by atoms with Crippen molar-refractivity contribution in [3.63, 3.8) is 0 Å². The summed E-state index contributed by atoms with van der Waals surface area (Å²) in [6.45, 7) is 4.54. The third-order valence-electron chi connectivity index (χ3n) is 9.01. The number of benzene rings is 2. The van der Waals surface area contributed by atoms with Crippen LogP contribution in [0.3, 0.4) is 0 Å². The molecule has 0 aliphatic carbocycles. The van der Waals surface area contributed by atoms with Crippen LogP contribution in [-0.4, -0.2) is 75.1 Å². The molecular weight excluding hydrogens is 625 g/mol. The van der Waals surface area contributed by atoms with E-state index in [0.29, 0.717) is 53.0 Å². The van der Waals surface area contributed by atoms with Gasteiger partial charge >= 0.3 is 6.09 Å². The average Bonchev–Trinajstić information content (AvgIpc) is 3.50. The van der Waals surface area contributed by atoms with Crippen molar-refractivity contribution in [3.8, 4) is 39.5 Å². The highest BCUT2D eigenvalue weighted by Crippen LogP contribution is 2.42. The van der Waals surface area contributed by atoms with Gasteiger partial charge in [-0.3, -0.25) is 19.6 Å². The highest BCUT2D eigenvalue weighted by Gasteiger charge is 2.26. The lowest BCUT2D eigenvalue weighted by atomic mass is 9.98. The van der Waals surface area contributed by atoms with Gasteiger partial charge in [0.15, 0.2) is 0 Å². The van der Waals surface area contributed by atoms with Crippen molar-refractivity contribution in [1.82, 2.24) is 24.7 Å². The molecule has 2 amide bonds. The first-order valence-corrected chi connectivity index (χ1v) is 15.9. The lowest BCUT2D eigenvalue weighted by molar-refractivity contribution is -0.130. The average molecular weight is 661 g/mol. The van der Waals surface area contributed by atoms with Crippen LogP contribution in [0.1, 0.15) is 36.5 Å². The van der Waals surface area contributed by atoms with Crippen LogP contribution in [0.25, 0.3) is 33.6 Å². The summed E-state index contributed by atoms with van der Waals surface area (Å²) in [5.74, 6) is 0.668. The van der Waals surface area contributed by atoms with Crippen LogP contribution < -0.4 is 4.74 Å². The third-order valence-corrected chi connectivity index (χ3v) is 9.80. The molecule has 0 bridgehead atoms. The molecule has 1 N–H and O–H groups in total. The monoisotopic (exact) mass is 659 g/mol. The number of pyridine rings is 2. The zero-order valence-corrected chi connectivity index (χ0v) is 27.5. The van der Waals surface area contributed by atoms with Crippen LogP contribution in [0.5, 0.6) is 5.88 Å². The predicted octanol–water partition coefficient (Wildman–Crippen LogP) is 7.23. The molecule has 0 unspecified atom stereocenters. The van der Waals surface area contributed by atoms with Crippen LogP contribution in [0.2, 0.25) is 10.0 Å². The first-order valence-electron chi connectivity index (χ1n) is 15.2. The number of ether oxygens (including phenoxy) is 1. The van der Waals surface area contributed by atoms with Gasteiger partial charge in [0.25, 0.3) is 0 Å². The Labute approximate surface area is 278 Å². The molecule has 1 fully saturated rings. The molecule has 2 aromatic carbocycles. The molecule has 1 saturated heterocycles. The molecule has 0 atom stereocenters. The number of methoxy groups -OCH3 is 1. The molecule has 0 saturated carbocycles. The van der Waals surface area contributed by atoms with E-state index in [4.69, 9.17) is 32.9 Å². The molecule has 2 aliphatic rings. The van der Waals surface area contributed by atoms with E-state index in [1.54, 1.807) is 20.2 Å². The summed E-state index contributed by atoms with van der Waals surface area (Å²) in [4.78, 5) is 38.2. The number of amides is 2. The van der Waals surface area contributed by atoms with Gasteiger partial charge in [-0.15, -0.1) is 0 Å². The second-order valence-electron chi connectivity index (χ2n) is 11.8. The van der Waals surface area contributed by atoms with Crippen molar-refractivity contribution in [2.24, 2.45) is 0 Å². The van der Waals surface area contributed by atoms with Gasteiger partial charge in [0.1, 0.15) is 0 Å². The summed E-state index contributed by atoms with van der Waals surface area (Å²) >= 11 is 14.1. The highest BCUT2D eigenvalue weighted by molar-refractivity contribution is 6.39. The quantitative estimate of drug-likeness (QED) is 0.223. The summed E-state index contributed by atoms with van der Waals surface area (Å²) in [7, 11) is 3.72. The molecule has 4 heterocycles. The number of carboxylic acid groups (broad SMARTS) is 1. The maximum atomic E-state index is 11.7. The lowest BCUT2D eigenvalue weighted by Gasteiger charge is -2.36. The van der Waals surface area contributed by atoms with Crippen LogP contribution in [-0.2, 0) is 24.4 Å². The number of piperidine rings is 1. The van der Waals surface area contributed by atoms with Crippen molar-refractivity contribution in [2.75, 3.05) is 27.2 Å². The van der Waals surface area contributed by atoms with E-state index < -0.39 is 6.09 Å². The van der Waals surface area contributed by atoms with Crippen LogP contribution in [0.15, 0.2) is 60.8 Å². The molecule has 0 spiro atoms. The summed E-state index contributed by atoms with van der Waals surface area (Å²) in [6.07, 6.45) is 2.62. The number of halogens is 2. The molecule has 46 heavy (non-hydrogen) atoms. The number of hydrogen-bond donors (Lipinski definition) is 1. The van der Waals surface area contributed by atoms with Crippen molar-refractivity contribution in [2.45, 2.75) is 45.4 Å². The molecular formula is C35H35Cl2N5O4. The fraction of sp³-hybridized carbons (Fsp3) is 0.314. The molecule has 2 aromatic heterocycles. The van der Waals surface area contributed by atoms with Gasteiger partial charge in [-0.05, 0) is 49.2 Å². The number of nitrogens with zero attached hydrogens (tertiary/aromatic N) is 5. The van der Waals surface area contributed by atoms with Crippen molar-refractivity contribution < 1.29 is 19.4 Å². The minimum atomic E-state index is -0.942. The van der Waals surface area contributed by atoms with E-state index in [1.807, 2.05) is 59.5 Å². The minimum Gasteiger partial charge on any atom is -0.481 e. The Kier molecular flexibility index (Phi) is 9.18. The third kappa shape index (κ3) is 6.27. The number of aromatic nitrogens is 2. The Morgan fingerprint density at radius 1 is 0.957 bits per heavy atom. The number of hydrogen-bond acceptors (Lipinski definition) is 6. The molecule has 0 radical (unpaired) electrons. The summed E-state index contributed by atoms with van der Waals surface area (Å²) < 4.78 is 5.74. The SMILES string of the molecule is COc1nc(-c2cccc(-c3ccnc(-c4ccc5c(c4)CN(C(=O)O)C5)c3Cl)c2Cl)ccc1CN(C)C1CCN(C(C)=O)CC1. The number of carbonyl (C=O) groups excluding carboxylic acids is 1. The van der Waals surface area contributed by atoms with Gasteiger partial charge in [-0.1, -0.05) is 59.6 Å². The molecule has 6 rings (SSSR count). The molecule has 2 aliphatic heterocycles. The van der Waals surface area contributed by atoms with Gasteiger partial charge in [0.2, 0.25) is 11.8 Å². The minimum absolute atomic E-state index is 0.131. The van der Waals surface area contributed by atoms with Crippen molar-refractivity contribution in [3.05, 3.63) is 87.5 Å². The number of fused-ring (bicyclic) bond motifs is 1. The first kappa shape index (κ1) is 31.8. The number of carbonyl (C=O) groups is 2. The zero-order chi connectivity index (χ0) is 32.5. The van der Waals surface area contributed by atoms with E-state index >= 15 is 0 Å². The van der Waals surface area contributed by atoms with Crippen molar-refractivity contribution >= 4 is 35.2 Å². The Morgan fingerprint density at radius 2 is 1.67 bits per heavy atom. The van der Waals surface area contributed by atoms with Crippen molar-refractivity contribution in [1.29, 1.82) is 0 Å². The van der Waals surface area contributed by atoms with Gasteiger partial charge < -0.3 is 14.7 Å². The summed E-state index contributed by atoms with van der Waals surface area (Å²) in [5, 5.41) is 10.4. The smallest absolute Gasteiger partial charge is 0.407 e. The maximum Gasteiger partial charge on any atom is 0.407 e. The first-order chi connectivity index (χ1) is 22.1. The lowest BCUT2D eigenvalue weighted by Crippen LogP contribution is -2.44. The Morgan fingerprint density at radius 3 is 2.39 bits per heavy atom. The van der Waals surface area contributed by atoms with Crippen LogP contribution >= 0.6 is 23.2 Å². The second kappa shape index (κ2) is 13.3. The number of likely N-dealkylation sites (tertiary alicyclic amines) is 1. The van der Waals surface area contributed by atoms with E-state index in [9.17, 15) is 14.7 Å². The van der Waals surface area contributed by atoms with Crippen LogP contribution in [0, 0.1) is 0 Å². The number of rotatable bonds is 7. The van der Waals surface area contributed by atoms with E-state index in [0.717, 1.165) is 64.9 Å². The van der Waals surface area contributed by atoms with E-state index in [2.05, 4.69) is 16.9 Å². The van der Waals surface area contributed by atoms with Gasteiger partial charge in [-0.25, -0.2) is 9.78 Å². The second-order valence-corrected chi connectivity index (χ2v) is 12.6. The maximum absolute atomic E-state index is 11.7. The normalized spacial score (nSPS) is 14.9. The zero-order valence-electron chi connectivity index (χ0n) is 26.0.